The van der Waals surface area contributed by atoms with E-state index in [1.54, 1.807) is 77.7 Å². The SMILES string of the molecule is CCCC(C)NC(=O)Nc1ccc(N(CCO)CCO)cc1.O=C(O)CCC(NC(=O)Nc1ccc(N(CCCl)CCCl)cc1)C(=O)O.O=[N+]([O-])c1ccc(F)cc1.O=[N+]([O-])c1ccc(N(CCCl)CCCl)cc1.O=[N+]([O-])c1ccc(N(CCCl)CCCl)cc1.O=[N+]([O-])c1ccc(N(CCO)CCO)cc1. The van der Waals surface area contributed by atoms with Crippen molar-refractivity contribution in [3.8, 4) is 0 Å². The summed E-state index contributed by atoms with van der Waals surface area (Å²) in [5.74, 6) is -0.0188. The smallest absolute Gasteiger partial charge is 0.326 e. The molecule has 0 aliphatic rings. The molecule has 31 nitrogen and oxygen atoms in total. The van der Waals surface area contributed by atoms with Crippen LogP contribution in [0.2, 0.25) is 0 Å². The third kappa shape index (κ3) is 39.9. The molecule has 0 saturated carbocycles. The van der Waals surface area contributed by atoms with Gasteiger partial charge in [-0.05, 0) is 117 Å². The molecule has 0 saturated heterocycles. The summed E-state index contributed by atoms with van der Waals surface area (Å²) in [7, 11) is 0. The minimum absolute atomic E-state index is 0.0247. The van der Waals surface area contributed by atoms with Gasteiger partial charge in [0.1, 0.15) is 11.9 Å². The Kier molecular flexibility index (Phi) is 50.4. The summed E-state index contributed by atoms with van der Waals surface area (Å²) in [6.45, 7) is 9.70. The van der Waals surface area contributed by atoms with Crippen LogP contribution in [0.4, 0.5) is 76.5 Å². The van der Waals surface area contributed by atoms with Gasteiger partial charge in [-0.25, -0.2) is 18.8 Å². The van der Waals surface area contributed by atoms with Gasteiger partial charge in [0.15, 0.2) is 0 Å². The van der Waals surface area contributed by atoms with Crippen LogP contribution in [0.15, 0.2) is 146 Å². The van der Waals surface area contributed by atoms with E-state index >= 15 is 0 Å². The molecule has 4 amide bonds. The summed E-state index contributed by atoms with van der Waals surface area (Å²) in [4.78, 5) is 94.5. The minimum Gasteiger partial charge on any atom is -0.481 e. The molecule has 0 fully saturated rings. The van der Waals surface area contributed by atoms with Crippen molar-refractivity contribution in [2.45, 2.75) is 51.6 Å². The van der Waals surface area contributed by atoms with E-state index in [4.69, 9.17) is 100 Å². The van der Waals surface area contributed by atoms with E-state index in [1.165, 1.54) is 36.4 Å². The van der Waals surface area contributed by atoms with E-state index in [-0.39, 0.29) is 74.1 Å². The van der Waals surface area contributed by atoms with E-state index in [0.29, 0.717) is 112 Å². The third-order valence-corrected chi connectivity index (χ3v) is 15.3. The predicted octanol–water partition coefficient (Wildman–Crippen LogP) is 12.1. The molecule has 0 aliphatic heterocycles. The number of non-ortho nitro benzene ring substituents is 4. The Labute approximate surface area is 642 Å². The van der Waals surface area contributed by atoms with Gasteiger partial charge in [0.25, 0.3) is 22.7 Å². The lowest BCUT2D eigenvalue weighted by Crippen LogP contribution is -2.43. The van der Waals surface area contributed by atoms with Crippen molar-refractivity contribution in [3.63, 3.8) is 0 Å². The Balaban J connectivity index is 0.000000649. The van der Waals surface area contributed by atoms with Crippen molar-refractivity contribution in [1.29, 1.82) is 0 Å². The molecule has 0 radical (unpaired) electrons. The van der Waals surface area contributed by atoms with Crippen LogP contribution in [0.1, 0.15) is 39.5 Å². The number of amides is 4. The van der Waals surface area contributed by atoms with Crippen LogP contribution >= 0.6 is 69.6 Å². The molecule has 0 aliphatic carbocycles. The fourth-order valence-corrected chi connectivity index (χ4v) is 10.3. The van der Waals surface area contributed by atoms with Crippen LogP contribution in [0.3, 0.4) is 0 Å². The number of carbonyl (C=O) groups excluding carboxylic acids is 2. The number of alkyl halides is 6. The van der Waals surface area contributed by atoms with E-state index in [2.05, 4.69) is 28.2 Å². The largest absolute Gasteiger partial charge is 0.481 e. The summed E-state index contributed by atoms with van der Waals surface area (Å²) in [6, 6.07) is 35.2. The third-order valence-electron chi connectivity index (χ3n) is 14.3. The first kappa shape index (κ1) is 94.9. The predicted molar refractivity (Wildman–Crippen MR) is 416 cm³/mol. The van der Waals surface area contributed by atoms with Crippen molar-refractivity contribution in [2.24, 2.45) is 0 Å². The first-order chi connectivity index (χ1) is 50.7. The van der Waals surface area contributed by atoms with Gasteiger partial charge in [-0.15, -0.1) is 69.6 Å². The van der Waals surface area contributed by atoms with Gasteiger partial charge >= 0.3 is 24.0 Å². The molecule has 584 valence electrons. The number of aliphatic hydroxyl groups is 4. The fraction of sp³-hybridized carbons (Fsp3) is 0.412. The van der Waals surface area contributed by atoms with Crippen LogP contribution in [-0.4, -0.2) is 214 Å². The molecule has 0 bridgehead atoms. The lowest BCUT2D eigenvalue weighted by Gasteiger charge is -2.23. The van der Waals surface area contributed by atoms with E-state index < -0.39 is 49.5 Å². The Morgan fingerprint density at radius 3 is 0.877 bits per heavy atom. The molecule has 0 heterocycles. The number of anilines is 7. The van der Waals surface area contributed by atoms with Crippen molar-refractivity contribution in [2.75, 3.05) is 162 Å². The highest BCUT2D eigenvalue weighted by Gasteiger charge is 2.22. The highest BCUT2D eigenvalue weighted by Crippen LogP contribution is 2.24. The van der Waals surface area contributed by atoms with Gasteiger partial charge in [0, 0.05) is 202 Å². The average molecular weight is 1610 g/mol. The highest BCUT2D eigenvalue weighted by molar-refractivity contribution is 6.19. The summed E-state index contributed by atoms with van der Waals surface area (Å²) >= 11 is 34.2. The number of rotatable bonds is 39. The van der Waals surface area contributed by atoms with Crippen LogP contribution in [0.5, 0.6) is 0 Å². The van der Waals surface area contributed by atoms with Gasteiger partial charge in [-0.2, -0.15) is 0 Å². The molecule has 0 aromatic heterocycles. The molecule has 2 unspecified atom stereocenters. The van der Waals surface area contributed by atoms with E-state index in [1.807, 2.05) is 38.7 Å². The summed E-state index contributed by atoms with van der Waals surface area (Å²) in [6.07, 6.45) is 1.41. The second-order valence-corrected chi connectivity index (χ2v) is 24.1. The molecule has 2 atom stereocenters. The van der Waals surface area contributed by atoms with Crippen LogP contribution < -0.4 is 45.8 Å². The van der Waals surface area contributed by atoms with E-state index in [0.717, 1.165) is 65.5 Å². The zero-order valence-electron chi connectivity index (χ0n) is 58.2. The zero-order chi connectivity index (χ0) is 79.4. The van der Waals surface area contributed by atoms with Gasteiger partial charge in [0.2, 0.25) is 0 Å². The van der Waals surface area contributed by atoms with Gasteiger partial charge in [0.05, 0.1) is 46.1 Å². The molecule has 0 spiro atoms. The highest BCUT2D eigenvalue weighted by atomic mass is 35.5. The normalized spacial score (nSPS) is 10.7. The maximum absolute atomic E-state index is 12.1. The number of carboxylic acids is 2. The number of nitro groups is 4. The molecule has 6 rings (SSSR count). The molecule has 106 heavy (non-hydrogen) atoms. The number of carboxylic acid groups (broad SMARTS) is 2. The number of urea groups is 2. The first-order valence-electron chi connectivity index (χ1n) is 32.7. The Morgan fingerprint density at radius 2 is 0.651 bits per heavy atom. The number of carbonyl (C=O) groups is 4. The van der Waals surface area contributed by atoms with Crippen LogP contribution in [0.25, 0.3) is 0 Å². The lowest BCUT2D eigenvalue weighted by molar-refractivity contribution is -0.385. The standard InChI is InChI=1S/C16H21Cl2N3O5.C16H27N3O3.2C10H12Cl2N2O2.C10H14N2O4.C6H4FNO2/c17-7-9-21(10-8-18)12-3-1-11(2-4-12)19-16(26)20-13(15(24)25)5-6-14(22)23;1-3-4-13(2)17-16(22)18-14-5-7-15(8-6-14)19(9-11-20)10-12-21;2*11-5-7-13(8-6-12)9-1-3-10(4-2-9)14(15)16;13-7-5-11(6-8-14)9-1-3-10(4-2-9)12(15)16;7-5-1-3-6(4-2-5)8(9)10/h1-4,13H,5-10H2,(H,22,23)(H,24,25)(H2,19,20,26);5-8,13,20-21H,3-4,9-12H2,1-2H3,(H2,17,18,22);2*1-4H,5-8H2;1-4,13-14H,5-8H2;1-4H. The molecular weight excluding hydrogens is 1520 g/mol. The van der Waals surface area contributed by atoms with Crippen molar-refractivity contribution in [1.82, 2.24) is 10.6 Å². The summed E-state index contributed by atoms with van der Waals surface area (Å²) < 4.78 is 12.1. The van der Waals surface area contributed by atoms with Crippen molar-refractivity contribution < 1.29 is 73.9 Å². The number of halogens is 7. The summed E-state index contributed by atoms with van der Waals surface area (Å²) in [5.41, 5.74) is 5.59. The topological polar surface area (TPSA) is 427 Å². The quantitative estimate of drug-likeness (QED) is 0.00973. The second-order valence-electron chi connectivity index (χ2n) is 21.8. The van der Waals surface area contributed by atoms with Crippen molar-refractivity contribution >= 4 is 156 Å². The molecule has 38 heteroatoms. The number of nitrogens with zero attached hydrogens (tertiary/aromatic N) is 9. The summed E-state index contributed by atoms with van der Waals surface area (Å²) in [5, 5.41) is 105. The van der Waals surface area contributed by atoms with Crippen LogP contribution in [-0.2, 0) is 9.59 Å². The Morgan fingerprint density at radius 1 is 0.406 bits per heavy atom. The maximum Gasteiger partial charge on any atom is 0.326 e. The van der Waals surface area contributed by atoms with Gasteiger partial charge in [-0.1, -0.05) is 13.3 Å². The van der Waals surface area contributed by atoms with E-state index in [9.17, 15) is 64.0 Å². The number of aliphatic hydroxyl groups excluding tert-OH is 4. The number of hydrogen-bond donors (Lipinski definition) is 10. The maximum atomic E-state index is 12.1. The lowest BCUT2D eigenvalue weighted by atomic mass is 10.1. The average Bonchev–Trinajstić information content (AvgIpc) is 0.891. The zero-order valence-corrected chi connectivity index (χ0v) is 62.8. The minimum atomic E-state index is -1.30. The molecular formula is C68H90Cl6FN13O18. The second kappa shape index (κ2) is 56.3. The molecule has 10 N–H and O–H groups in total. The number of hydrogen-bond acceptors (Lipinski definition) is 21. The van der Waals surface area contributed by atoms with Crippen molar-refractivity contribution in [3.05, 3.63) is 192 Å². The monoisotopic (exact) mass is 1610 g/mol. The number of aliphatic carboxylic acids is 2. The molecule has 6 aromatic rings. The van der Waals surface area contributed by atoms with Gasteiger partial charge < -0.3 is 76.4 Å². The van der Waals surface area contributed by atoms with Gasteiger partial charge in [-0.3, -0.25) is 45.3 Å². The first-order valence-corrected chi connectivity index (χ1v) is 35.9. The number of benzene rings is 6. The fourth-order valence-electron chi connectivity index (χ4n) is 9.12. The number of nitro benzene ring substituents is 4. The Bertz CT molecular complexity index is 3300. The number of nitrogens with one attached hydrogen (secondary N) is 4. The molecule has 6 aromatic carbocycles. The Hall–Kier alpha value is -9.09. The van der Waals surface area contributed by atoms with Crippen LogP contribution in [0, 0.1) is 46.3 Å².